The Bertz CT molecular complexity index is 407. The number of aliphatic hydroxyl groups excluding tert-OH is 1. The first kappa shape index (κ1) is 10.2. The Kier molecular flexibility index (Phi) is 2.77. The van der Waals surface area contributed by atoms with E-state index in [1.807, 2.05) is 13.0 Å². The highest BCUT2D eigenvalue weighted by atomic mass is 35.5. The molecule has 1 aliphatic rings. The molecule has 0 bridgehead atoms. The summed E-state index contributed by atoms with van der Waals surface area (Å²) in [6, 6.07) is 3.62. The predicted octanol–water partition coefficient (Wildman–Crippen LogP) is 0.913. The third-order valence-corrected chi connectivity index (χ3v) is 2.74. The summed E-state index contributed by atoms with van der Waals surface area (Å²) < 4.78 is 0. The minimum absolute atomic E-state index is 0.0618. The molecule has 15 heavy (non-hydrogen) atoms. The Morgan fingerprint density at radius 1 is 1.53 bits per heavy atom. The van der Waals surface area contributed by atoms with Crippen molar-refractivity contribution in [2.75, 3.05) is 5.01 Å². The molecule has 0 spiro atoms. The van der Waals surface area contributed by atoms with Crippen LogP contribution in [0.15, 0.2) is 17.2 Å². The van der Waals surface area contributed by atoms with E-state index in [0.29, 0.717) is 5.02 Å². The van der Waals surface area contributed by atoms with Crippen molar-refractivity contribution in [3.8, 4) is 0 Å². The van der Waals surface area contributed by atoms with Crippen LogP contribution in [0.4, 0.5) is 5.69 Å². The number of benzene rings is 1. The number of anilines is 1. The summed E-state index contributed by atoms with van der Waals surface area (Å²) in [5, 5.41) is 15.4. The molecule has 0 aliphatic carbocycles. The van der Waals surface area contributed by atoms with Gasteiger partial charge >= 0.3 is 0 Å². The third-order valence-electron chi connectivity index (χ3n) is 2.33. The fourth-order valence-corrected chi connectivity index (χ4v) is 1.64. The van der Waals surface area contributed by atoms with Gasteiger partial charge in [-0.3, -0.25) is 0 Å². The quantitative estimate of drug-likeness (QED) is 0.702. The molecule has 80 valence electrons. The molecule has 1 aromatic carbocycles. The number of halogens is 1. The highest BCUT2D eigenvalue weighted by molar-refractivity contribution is 6.31. The smallest absolute Gasteiger partial charge is 0.133 e. The van der Waals surface area contributed by atoms with Crippen LogP contribution in [0.2, 0.25) is 5.02 Å². The minimum atomic E-state index is -0.0618. The van der Waals surface area contributed by atoms with Gasteiger partial charge in [-0.05, 0) is 24.6 Å². The lowest BCUT2D eigenvalue weighted by atomic mass is 10.1. The highest BCUT2D eigenvalue weighted by Crippen LogP contribution is 2.28. The first-order chi connectivity index (χ1) is 7.24. The Balaban J connectivity index is 2.46. The van der Waals surface area contributed by atoms with E-state index < -0.39 is 0 Å². The molecule has 2 rings (SSSR count). The standard InChI is InChI=1S/C9H11ClN4O/c1-6-7(4-15)9(3-2-8(6)10)14-5-11-12-13-14/h2-3,5,12-13,15H,4H2,1H3. The van der Waals surface area contributed by atoms with E-state index in [1.54, 1.807) is 17.4 Å². The van der Waals surface area contributed by atoms with Gasteiger partial charge in [0.1, 0.15) is 6.34 Å². The summed E-state index contributed by atoms with van der Waals surface area (Å²) in [5.41, 5.74) is 7.87. The van der Waals surface area contributed by atoms with Gasteiger partial charge in [0.2, 0.25) is 0 Å². The molecule has 1 heterocycles. The van der Waals surface area contributed by atoms with Crippen molar-refractivity contribution in [3.05, 3.63) is 28.3 Å². The van der Waals surface area contributed by atoms with Crippen LogP contribution >= 0.6 is 11.6 Å². The van der Waals surface area contributed by atoms with Crippen LogP contribution in [0.3, 0.4) is 0 Å². The zero-order chi connectivity index (χ0) is 10.8. The molecule has 5 nitrogen and oxygen atoms in total. The van der Waals surface area contributed by atoms with Gasteiger partial charge in [0.15, 0.2) is 0 Å². The van der Waals surface area contributed by atoms with Crippen LogP contribution in [0, 0.1) is 6.92 Å². The van der Waals surface area contributed by atoms with Crippen LogP contribution in [0.5, 0.6) is 0 Å². The first-order valence-corrected chi connectivity index (χ1v) is 4.83. The molecule has 1 aliphatic heterocycles. The second kappa shape index (κ2) is 4.06. The van der Waals surface area contributed by atoms with Crippen molar-refractivity contribution in [3.63, 3.8) is 0 Å². The van der Waals surface area contributed by atoms with E-state index in [-0.39, 0.29) is 6.61 Å². The topological polar surface area (TPSA) is 59.9 Å². The molecule has 3 N–H and O–H groups in total. The molecule has 0 amide bonds. The van der Waals surface area contributed by atoms with E-state index in [2.05, 4.69) is 16.2 Å². The summed E-state index contributed by atoms with van der Waals surface area (Å²) >= 11 is 5.97. The maximum atomic E-state index is 9.31. The summed E-state index contributed by atoms with van der Waals surface area (Å²) in [6.45, 7) is 1.81. The molecule has 1 aromatic rings. The molecule has 0 saturated heterocycles. The van der Waals surface area contributed by atoms with Gasteiger partial charge in [0, 0.05) is 10.6 Å². The third kappa shape index (κ3) is 1.77. The Morgan fingerprint density at radius 3 is 2.93 bits per heavy atom. The normalized spacial score (nSPS) is 14.5. The van der Waals surface area contributed by atoms with Crippen molar-refractivity contribution in [2.24, 2.45) is 5.10 Å². The van der Waals surface area contributed by atoms with Gasteiger partial charge < -0.3 is 5.11 Å². The summed E-state index contributed by atoms with van der Waals surface area (Å²) in [4.78, 5) is 0. The maximum Gasteiger partial charge on any atom is 0.133 e. The lowest BCUT2D eigenvalue weighted by Gasteiger charge is -2.19. The monoisotopic (exact) mass is 226 g/mol. The first-order valence-electron chi connectivity index (χ1n) is 4.46. The van der Waals surface area contributed by atoms with Crippen molar-refractivity contribution in [1.29, 1.82) is 0 Å². The Morgan fingerprint density at radius 2 is 2.33 bits per heavy atom. The van der Waals surface area contributed by atoms with Gasteiger partial charge in [-0.2, -0.15) is 5.10 Å². The van der Waals surface area contributed by atoms with Crippen LogP contribution in [-0.2, 0) is 6.61 Å². The zero-order valence-electron chi connectivity index (χ0n) is 8.16. The second-order valence-electron chi connectivity index (χ2n) is 3.17. The highest BCUT2D eigenvalue weighted by Gasteiger charge is 2.15. The van der Waals surface area contributed by atoms with E-state index in [9.17, 15) is 5.11 Å². The molecular formula is C9H11ClN4O. The van der Waals surface area contributed by atoms with Gasteiger partial charge in [0.05, 0.1) is 12.3 Å². The fourth-order valence-electron chi connectivity index (χ4n) is 1.46. The number of aliphatic hydroxyl groups is 1. The van der Waals surface area contributed by atoms with E-state index >= 15 is 0 Å². The summed E-state index contributed by atoms with van der Waals surface area (Å²) in [6.07, 6.45) is 1.59. The maximum absolute atomic E-state index is 9.31. The predicted molar refractivity (Wildman–Crippen MR) is 59.4 cm³/mol. The van der Waals surface area contributed by atoms with Gasteiger partial charge in [-0.15, -0.1) is 5.53 Å². The number of hydrazine groups is 2. The van der Waals surface area contributed by atoms with Gasteiger partial charge in [0.25, 0.3) is 0 Å². The molecule has 0 saturated carbocycles. The molecule has 0 unspecified atom stereocenters. The van der Waals surface area contributed by atoms with Gasteiger partial charge in [-0.25, -0.2) is 10.5 Å². The number of rotatable bonds is 2. The fraction of sp³-hybridized carbons (Fsp3) is 0.222. The van der Waals surface area contributed by atoms with Crippen LogP contribution in [0.1, 0.15) is 11.1 Å². The van der Waals surface area contributed by atoms with E-state index in [1.165, 1.54) is 0 Å². The lowest BCUT2D eigenvalue weighted by Crippen LogP contribution is -2.37. The lowest BCUT2D eigenvalue weighted by molar-refractivity contribution is 0.281. The average molecular weight is 227 g/mol. The number of nitrogens with one attached hydrogen (secondary N) is 2. The average Bonchev–Trinajstić information content (AvgIpc) is 2.75. The largest absolute Gasteiger partial charge is 0.392 e. The van der Waals surface area contributed by atoms with Crippen molar-refractivity contribution in [2.45, 2.75) is 13.5 Å². The van der Waals surface area contributed by atoms with Crippen molar-refractivity contribution in [1.82, 2.24) is 11.1 Å². The molecule has 0 aromatic heterocycles. The van der Waals surface area contributed by atoms with E-state index in [0.717, 1.165) is 16.8 Å². The van der Waals surface area contributed by atoms with Crippen LogP contribution in [-0.4, -0.2) is 11.4 Å². The molecule has 0 radical (unpaired) electrons. The van der Waals surface area contributed by atoms with Crippen molar-refractivity contribution < 1.29 is 5.11 Å². The summed E-state index contributed by atoms with van der Waals surface area (Å²) in [7, 11) is 0. The SMILES string of the molecule is Cc1c(Cl)ccc(N2C=NNN2)c1CO. The second-order valence-corrected chi connectivity index (χ2v) is 3.57. The number of hydrogen-bond donors (Lipinski definition) is 3. The van der Waals surface area contributed by atoms with Crippen molar-refractivity contribution >= 4 is 23.6 Å². The molecule has 6 heteroatoms. The Labute approximate surface area is 92.3 Å². The van der Waals surface area contributed by atoms with Crippen LogP contribution in [0.25, 0.3) is 0 Å². The number of hydrogen-bond acceptors (Lipinski definition) is 5. The van der Waals surface area contributed by atoms with E-state index in [4.69, 9.17) is 11.6 Å². The number of hydrazone groups is 1. The minimum Gasteiger partial charge on any atom is -0.392 e. The summed E-state index contributed by atoms with van der Waals surface area (Å²) in [5.74, 6) is 0. The number of nitrogens with zero attached hydrogens (tertiary/aromatic N) is 2. The molecular weight excluding hydrogens is 216 g/mol. The molecule has 0 fully saturated rings. The molecule has 0 atom stereocenters. The Hall–Kier alpha value is -1.30. The zero-order valence-corrected chi connectivity index (χ0v) is 8.91. The van der Waals surface area contributed by atoms with Crippen LogP contribution < -0.4 is 16.1 Å². The van der Waals surface area contributed by atoms with Gasteiger partial charge in [-0.1, -0.05) is 11.6 Å².